The highest BCUT2D eigenvalue weighted by Crippen LogP contribution is 2.15. The summed E-state index contributed by atoms with van der Waals surface area (Å²) in [5.74, 6) is 0.518. The van der Waals surface area contributed by atoms with Crippen molar-refractivity contribution >= 4 is 5.95 Å². The largest absolute Gasteiger partial charge is 0.389 e. The highest BCUT2D eigenvalue weighted by Gasteiger charge is 2.26. The fourth-order valence-corrected chi connectivity index (χ4v) is 1.18. The molecule has 1 aromatic heterocycles. The molecule has 1 saturated heterocycles. The predicted octanol–water partition coefficient (Wildman–Crippen LogP) is -0.471. The molecule has 1 fully saturated rings. The molecule has 1 aliphatic heterocycles. The summed E-state index contributed by atoms with van der Waals surface area (Å²) in [5.41, 5.74) is 0.353. The van der Waals surface area contributed by atoms with E-state index in [9.17, 15) is 0 Å². The maximum Gasteiger partial charge on any atom is 0.226 e. The van der Waals surface area contributed by atoms with Crippen LogP contribution in [0.4, 0.5) is 5.95 Å². The Labute approximate surface area is 75.3 Å². The van der Waals surface area contributed by atoms with Gasteiger partial charge >= 0.3 is 0 Å². The first-order valence-corrected chi connectivity index (χ1v) is 3.96. The van der Waals surface area contributed by atoms with Crippen molar-refractivity contribution in [3.05, 3.63) is 18.0 Å². The van der Waals surface area contributed by atoms with E-state index < -0.39 is 0 Å². The molecule has 2 rings (SSSR count). The summed E-state index contributed by atoms with van der Waals surface area (Å²) >= 11 is 0. The van der Waals surface area contributed by atoms with Crippen LogP contribution in [0.3, 0.4) is 0 Å². The Morgan fingerprint density at radius 1 is 1.62 bits per heavy atom. The van der Waals surface area contributed by atoms with E-state index in [-0.39, 0.29) is 6.10 Å². The smallest absolute Gasteiger partial charge is 0.226 e. The molecule has 0 aromatic carbocycles. The molecular formula is C8H8N4O. The Morgan fingerprint density at radius 2 is 2.38 bits per heavy atom. The van der Waals surface area contributed by atoms with E-state index in [2.05, 4.69) is 9.97 Å². The molecule has 0 atom stereocenters. The van der Waals surface area contributed by atoms with Gasteiger partial charge in [0.1, 0.15) is 11.8 Å². The first kappa shape index (κ1) is 7.95. The van der Waals surface area contributed by atoms with Gasteiger partial charge in [0.2, 0.25) is 5.95 Å². The van der Waals surface area contributed by atoms with Gasteiger partial charge < -0.3 is 10.0 Å². The molecular weight excluding hydrogens is 168 g/mol. The number of nitrogens with zero attached hydrogens (tertiary/aromatic N) is 4. The van der Waals surface area contributed by atoms with Crippen LogP contribution in [0.15, 0.2) is 12.3 Å². The van der Waals surface area contributed by atoms with Gasteiger partial charge in [-0.25, -0.2) is 9.97 Å². The predicted molar refractivity (Wildman–Crippen MR) is 45.0 cm³/mol. The molecule has 0 bridgehead atoms. The molecule has 2 heterocycles. The van der Waals surface area contributed by atoms with Gasteiger partial charge in [-0.3, -0.25) is 0 Å². The van der Waals surface area contributed by atoms with Crippen LogP contribution in [0, 0.1) is 11.3 Å². The number of β-amino-alcohol motifs (C(OH)–C–C–N with tert-alkyl or cyclic N) is 1. The number of aromatic nitrogens is 2. The summed E-state index contributed by atoms with van der Waals surface area (Å²) in [6.45, 7) is 1.10. The van der Waals surface area contributed by atoms with Crippen molar-refractivity contribution in [1.82, 2.24) is 9.97 Å². The number of nitriles is 1. The van der Waals surface area contributed by atoms with Gasteiger partial charge in [-0.15, -0.1) is 0 Å². The topological polar surface area (TPSA) is 73.0 Å². The number of hydrogen-bond donors (Lipinski definition) is 1. The van der Waals surface area contributed by atoms with Crippen molar-refractivity contribution in [2.24, 2.45) is 0 Å². The van der Waals surface area contributed by atoms with E-state index in [1.807, 2.05) is 11.0 Å². The third-order valence-corrected chi connectivity index (χ3v) is 1.90. The molecule has 1 N–H and O–H groups in total. The Balaban J connectivity index is 2.18. The van der Waals surface area contributed by atoms with Crippen molar-refractivity contribution in [3.8, 4) is 6.07 Å². The minimum Gasteiger partial charge on any atom is -0.389 e. The van der Waals surface area contributed by atoms with Gasteiger partial charge in [-0.1, -0.05) is 0 Å². The van der Waals surface area contributed by atoms with E-state index >= 15 is 0 Å². The molecule has 66 valence electrons. The van der Waals surface area contributed by atoms with Gasteiger partial charge in [0.25, 0.3) is 0 Å². The number of aliphatic hydroxyl groups excluding tert-OH is 1. The molecule has 1 aromatic rings. The van der Waals surface area contributed by atoms with Crippen LogP contribution >= 0.6 is 0 Å². The first-order chi connectivity index (χ1) is 6.29. The number of rotatable bonds is 1. The average Bonchev–Trinajstić information content (AvgIpc) is 2.13. The van der Waals surface area contributed by atoms with E-state index in [1.165, 1.54) is 0 Å². The summed E-state index contributed by atoms with van der Waals surface area (Å²) in [4.78, 5) is 9.81. The molecule has 5 heteroatoms. The second-order valence-corrected chi connectivity index (χ2v) is 2.91. The van der Waals surface area contributed by atoms with Crippen LogP contribution in [0.5, 0.6) is 0 Å². The molecule has 13 heavy (non-hydrogen) atoms. The Kier molecular flexibility index (Phi) is 1.83. The van der Waals surface area contributed by atoms with Crippen LogP contribution in [0.25, 0.3) is 0 Å². The van der Waals surface area contributed by atoms with Gasteiger partial charge in [0.15, 0.2) is 0 Å². The van der Waals surface area contributed by atoms with E-state index in [0.717, 1.165) is 0 Å². The van der Waals surface area contributed by atoms with Crippen LogP contribution < -0.4 is 4.90 Å². The molecule has 0 amide bonds. The van der Waals surface area contributed by atoms with Crippen LogP contribution in [-0.4, -0.2) is 34.3 Å². The lowest BCUT2D eigenvalue weighted by Crippen LogP contribution is -2.51. The zero-order valence-corrected chi connectivity index (χ0v) is 6.88. The summed E-state index contributed by atoms with van der Waals surface area (Å²) in [5, 5.41) is 17.6. The van der Waals surface area contributed by atoms with Crippen molar-refractivity contribution in [2.75, 3.05) is 18.0 Å². The molecule has 0 radical (unpaired) electrons. The quantitative estimate of drug-likeness (QED) is 0.626. The minimum absolute atomic E-state index is 0.283. The summed E-state index contributed by atoms with van der Waals surface area (Å²) in [7, 11) is 0. The maximum absolute atomic E-state index is 9.04. The van der Waals surface area contributed by atoms with E-state index in [0.29, 0.717) is 24.7 Å². The second-order valence-electron chi connectivity index (χ2n) is 2.91. The third kappa shape index (κ3) is 1.44. The summed E-state index contributed by atoms with van der Waals surface area (Å²) in [6, 6.07) is 3.50. The summed E-state index contributed by atoms with van der Waals surface area (Å²) in [6.07, 6.45) is 1.26. The summed E-state index contributed by atoms with van der Waals surface area (Å²) < 4.78 is 0. The number of hydrogen-bond acceptors (Lipinski definition) is 5. The molecule has 0 unspecified atom stereocenters. The number of anilines is 1. The average molecular weight is 176 g/mol. The Morgan fingerprint density at radius 3 is 3.00 bits per heavy atom. The second kappa shape index (κ2) is 2.99. The van der Waals surface area contributed by atoms with Crippen molar-refractivity contribution in [1.29, 1.82) is 5.26 Å². The monoisotopic (exact) mass is 176 g/mol. The fourth-order valence-electron chi connectivity index (χ4n) is 1.18. The minimum atomic E-state index is -0.283. The van der Waals surface area contributed by atoms with E-state index in [1.54, 1.807) is 12.3 Å². The maximum atomic E-state index is 9.04. The Bertz CT molecular complexity index is 353. The van der Waals surface area contributed by atoms with Crippen molar-refractivity contribution < 1.29 is 5.11 Å². The van der Waals surface area contributed by atoms with Crippen LogP contribution in [-0.2, 0) is 0 Å². The SMILES string of the molecule is N#Cc1ccnc(N2CC(O)C2)n1. The van der Waals surface area contributed by atoms with Gasteiger partial charge in [0.05, 0.1) is 6.10 Å². The van der Waals surface area contributed by atoms with E-state index in [4.69, 9.17) is 10.4 Å². The molecule has 5 nitrogen and oxygen atoms in total. The van der Waals surface area contributed by atoms with Gasteiger partial charge in [0, 0.05) is 19.3 Å². The molecule has 1 aliphatic rings. The number of aliphatic hydroxyl groups is 1. The zero-order chi connectivity index (χ0) is 9.26. The lowest BCUT2D eigenvalue weighted by molar-refractivity contribution is 0.140. The molecule has 0 spiro atoms. The lowest BCUT2D eigenvalue weighted by atomic mass is 10.2. The Hall–Kier alpha value is -1.67. The van der Waals surface area contributed by atoms with Gasteiger partial charge in [-0.05, 0) is 6.07 Å². The first-order valence-electron chi connectivity index (χ1n) is 3.96. The van der Waals surface area contributed by atoms with Crippen LogP contribution in [0.2, 0.25) is 0 Å². The van der Waals surface area contributed by atoms with Gasteiger partial charge in [-0.2, -0.15) is 5.26 Å². The standard InChI is InChI=1S/C8H8N4O/c9-3-6-1-2-10-8(11-6)12-4-7(13)5-12/h1-2,7,13H,4-5H2. The zero-order valence-electron chi connectivity index (χ0n) is 6.88. The molecule has 0 aliphatic carbocycles. The van der Waals surface area contributed by atoms with Crippen molar-refractivity contribution in [2.45, 2.75) is 6.10 Å². The lowest BCUT2D eigenvalue weighted by Gasteiger charge is -2.35. The molecule has 0 saturated carbocycles. The van der Waals surface area contributed by atoms with Crippen LogP contribution in [0.1, 0.15) is 5.69 Å². The highest BCUT2D eigenvalue weighted by molar-refractivity contribution is 5.37. The highest BCUT2D eigenvalue weighted by atomic mass is 16.3. The third-order valence-electron chi connectivity index (χ3n) is 1.90. The van der Waals surface area contributed by atoms with Crippen molar-refractivity contribution in [3.63, 3.8) is 0 Å². The fraction of sp³-hybridized carbons (Fsp3) is 0.375. The normalized spacial score (nSPS) is 16.5.